The number of halogens is 1. The molecule has 0 bridgehead atoms. The molecular weight excluding hydrogens is 367 g/mol. The highest BCUT2D eigenvalue weighted by molar-refractivity contribution is 14.1. The van der Waals surface area contributed by atoms with Crippen LogP contribution in [0.5, 0.6) is 5.75 Å². The number of amides is 1. The van der Waals surface area contributed by atoms with Crippen LogP contribution in [0, 0.1) is 9.49 Å². The molecule has 2 rings (SSSR count). The summed E-state index contributed by atoms with van der Waals surface area (Å²) in [5.74, 6) is 1.43. The van der Waals surface area contributed by atoms with Gasteiger partial charge in [0.15, 0.2) is 0 Å². The van der Waals surface area contributed by atoms with Crippen molar-refractivity contribution in [3.63, 3.8) is 0 Å². The molecule has 1 aromatic carbocycles. The average molecular weight is 388 g/mol. The molecule has 4 nitrogen and oxygen atoms in total. The molecule has 2 N–H and O–H groups in total. The normalized spacial score (nSPS) is 17.9. The van der Waals surface area contributed by atoms with Crippen LogP contribution in [-0.2, 0) is 0 Å². The van der Waals surface area contributed by atoms with Crippen LogP contribution in [0.4, 0.5) is 0 Å². The van der Waals surface area contributed by atoms with Crippen molar-refractivity contribution in [2.24, 2.45) is 11.7 Å². The molecule has 1 fully saturated rings. The molecule has 1 heterocycles. The number of nitrogens with zero attached hydrogens (tertiary/aromatic N) is 1. The smallest absolute Gasteiger partial charge is 0.254 e. The Hall–Kier alpha value is -0.820. The van der Waals surface area contributed by atoms with Crippen LogP contribution in [0.25, 0.3) is 0 Å². The zero-order valence-electron chi connectivity index (χ0n) is 11.9. The summed E-state index contributed by atoms with van der Waals surface area (Å²) in [5.41, 5.74) is 6.69. The quantitative estimate of drug-likeness (QED) is 0.810. The molecule has 1 atom stereocenters. The van der Waals surface area contributed by atoms with Gasteiger partial charge in [0.25, 0.3) is 5.91 Å². The zero-order valence-corrected chi connectivity index (χ0v) is 14.1. The molecule has 5 heteroatoms. The first-order valence-corrected chi connectivity index (χ1v) is 7.99. The Bertz CT molecular complexity index is 483. The fourth-order valence-electron chi connectivity index (χ4n) is 2.59. The Morgan fingerprint density at radius 1 is 1.45 bits per heavy atom. The van der Waals surface area contributed by atoms with Gasteiger partial charge in [0.05, 0.1) is 12.7 Å². The van der Waals surface area contributed by atoms with E-state index in [9.17, 15) is 4.79 Å². The zero-order chi connectivity index (χ0) is 14.7. The minimum atomic E-state index is 0.111. The van der Waals surface area contributed by atoms with Gasteiger partial charge >= 0.3 is 0 Å². The van der Waals surface area contributed by atoms with Gasteiger partial charge in [-0.05, 0) is 66.5 Å². The van der Waals surface area contributed by atoms with Gasteiger partial charge < -0.3 is 15.4 Å². The summed E-state index contributed by atoms with van der Waals surface area (Å²) in [5, 5.41) is 0. The van der Waals surface area contributed by atoms with Crippen molar-refractivity contribution >= 4 is 28.5 Å². The Morgan fingerprint density at radius 2 is 2.10 bits per heavy atom. The van der Waals surface area contributed by atoms with Crippen LogP contribution >= 0.6 is 22.6 Å². The van der Waals surface area contributed by atoms with Crippen molar-refractivity contribution in [1.29, 1.82) is 0 Å². The molecule has 1 aliphatic heterocycles. The molecule has 1 saturated heterocycles. The van der Waals surface area contributed by atoms with Crippen molar-refractivity contribution in [3.05, 3.63) is 27.3 Å². The summed E-state index contributed by atoms with van der Waals surface area (Å²) in [6.07, 6.45) is 1.99. The number of carbonyl (C=O) groups is 1. The summed E-state index contributed by atoms with van der Waals surface area (Å²) in [7, 11) is 1.63. The lowest BCUT2D eigenvalue weighted by Gasteiger charge is -2.34. The third-order valence-corrected chi connectivity index (χ3v) is 4.87. The van der Waals surface area contributed by atoms with E-state index in [0.717, 1.165) is 40.8 Å². The second kappa shape index (κ2) is 6.76. The standard InChI is InChI=1S/C15H21IN2O2/c1-10(17)11-5-7-18(8-6-11)15(19)13-4-3-12(20-2)9-14(13)16/h3-4,9-11H,5-8,17H2,1-2H3. The maximum absolute atomic E-state index is 12.5. The first-order chi connectivity index (χ1) is 9.52. The monoisotopic (exact) mass is 388 g/mol. The molecule has 0 aromatic heterocycles. The molecule has 0 radical (unpaired) electrons. The van der Waals surface area contributed by atoms with Crippen LogP contribution in [-0.4, -0.2) is 37.0 Å². The van der Waals surface area contributed by atoms with E-state index >= 15 is 0 Å². The molecule has 1 aromatic rings. The molecule has 0 aliphatic carbocycles. The summed E-state index contributed by atoms with van der Waals surface area (Å²) < 4.78 is 6.10. The third kappa shape index (κ3) is 3.44. The van der Waals surface area contributed by atoms with E-state index in [-0.39, 0.29) is 11.9 Å². The topological polar surface area (TPSA) is 55.6 Å². The highest BCUT2D eigenvalue weighted by Crippen LogP contribution is 2.24. The molecular formula is C15H21IN2O2. The van der Waals surface area contributed by atoms with E-state index in [4.69, 9.17) is 10.5 Å². The van der Waals surface area contributed by atoms with Crippen molar-refractivity contribution in [3.8, 4) is 5.75 Å². The van der Waals surface area contributed by atoms with Gasteiger partial charge in [0, 0.05) is 22.7 Å². The average Bonchev–Trinajstić information content (AvgIpc) is 2.46. The number of carbonyl (C=O) groups excluding carboxylic acids is 1. The van der Waals surface area contributed by atoms with Gasteiger partial charge in [-0.3, -0.25) is 4.79 Å². The predicted molar refractivity (Wildman–Crippen MR) is 88.0 cm³/mol. The van der Waals surface area contributed by atoms with E-state index in [0.29, 0.717) is 5.92 Å². The lowest BCUT2D eigenvalue weighted by molar-refractivity contribution is 0.0680. The third-order valence-electron chi connectivity index (χ3n) is 3.98. The van der Waals surface area contributed by atoms with Gasteiger partial charge in [-0.2, -0.15) is 0 Å². The largest absolute Gasteiger partial charge is 0.497 e. The number of hydrogen-bond donors (Lipinski definition) is 1. The minimum Gasteiger partial charge on any atom is -0.497 e. The molecule has 1 aliphatic rings. The SMILES string of the molecule is COc1ccc(C(=O)N2CCC(C(C)N)CC2)c(I)c1. The van der Waals surface area contributed by atoms with Crippen molar-refractivity contribution < 1.29 is 9.53 Å². The maximum Gasteiger partial charge on any atom is 0.254 e. The Kier molecular flexibility index (Phi) is 5.26. The number of ether oxygens (including phenoxy) is 1. The minimum absolute atomic E-state index is 0.111. The second-order valence-electron chi connectivity index (χ2n) is 5.33. The van der Waals surface area contributed by atoms with Crippen molar-refractivity contribution in [1.82, 2.24) is 4.90 Å². The van der Waals surface area contributed by atoms with Gasteiger partial charge in [-0.15, -0.1) is 0 Å². The molecule has 110 valence electrons. The number of benzene rings is 1. The Morgan fingerprint density at radius 3 is 2.60 bits per heavy atom. The van der Waals surface area contributed by atoms with Crippen LogP contribution in [0.1, 0.15) is 30.1 Å². The summed E-state index contributed by atoms with van der Waals surface area (Å²) in [4.78, 5) is 14.5. The fourth-order valence-corrected chi connectivity index (χ4v) is 3.31. The molecule has 1 amide bonds. The molecule has 0 saturated carbocycles. The number of rotatable bonds is 3. The first-order valence-electron chi connectivity index (χ1n) is 6.91. The number of likely N-dealkylation sites (tertiary alicyclic amines) is 1. The van der Waals surface area contributed by atoms with Crippen LogP contribution in [0.2, 0.25) is 0 Å². The number of nitrogens with two attached hydrogens (primary N) is 1. The number of hydrogen-bond acceptors (Lipinski definition) is 3. The van der Waals surface area contributed by atoms with Crippen molar-refractivity contribution in [2.75, 3.05) is 20.2 Å². The predicted octanol–water partition coefficient (Wildman–Crippen LogP) is 2.50. The van der Waals surface area contributed by atoms with Gasteiger partial charge in [-0.1, -0.05) is 0 Å². The highest BCUT2D eigenvalue weighted by atomic mass is 127. The highest BCUT2D eigenvalue weighted by Gasteiger charge is 2.26. The summed E-state index contributed by atoms with van der Waals surface area (Å²) in [6.45, 7) is 3.65. The number of methoxy groups -OCH3 is 1. The van der Waals surface area contributed by atoms with Gasteiger partial charge in [0.2, 0.25) is 0 Å². The lowest BCUT2D eigenvalue weighted by Crippen LogP contribution is -2.42. The van der Waals surface area contributed by atoms with E-state index in [1.54, 1.807) is 7.11 Å². The molecule has 20 heavy (non-hydrogen) atoms. The second-order valence-corrected chi connectivity index (χ2v) is 6.50. The summed E-state index contributed by atoms with van der Waals surface area (Å²) in [6, 6.07) is 5.79. The number of piperidine rings is 1. The molecule has 1 unspecified atom stereocenters. The van der Waals surface area contributed by atoms with Crippen LogP contribution < -0.4 is 10.5 Å². The van der Waals surface area contributed by atoms with E-state index in [1.807, 2.05) is 23.1 Å². The summed E-state index contributed by atoms with van der Waals surface area (Å²) >= 11 is 2.19. The Balaban J connectivity index is 2.05. The van der Waals surface area contributed by atoms with Crippen LogP contribution in [0.15, 0.2) is 18.2 Å². The van der Waals surface area contributed by atoms with Gasteiger partial charge in [0.1, 0.15) is 5.75 Å². The first kappa shape index (κ1) is 15.6. The van der Waals surface area contributed by atoms with E-state index in [1.165, 1.54) is 0 Å². The lowest BCUT2D eigenvalue weighted by atomic mass is 9.90. The van der Waals surface area contributed by atoms with E-state index in [2.05, 4.69) is 29.5 Å². The fraction of sp³-hybridized carbons (Fsp3) is 0.533. The maximum atomic E-state index is 12.5. The molecule has 0 spiro atoms. The van der Waals surface area contributed by atoms with Crippen LogP contribution in [0.3, 0.4) is 0 Å². The van der Waals surface area contributed by atoms with E-state index < -0.39 is 0 Å². The van der Waals surface area contributed by atoms with Crippen molar-refractivity contribution in [2.45, 2.75) is 25.8 Å². The van der Waals surface area contributed by atoms with Gasteiger partial charge in [-0.25, -0.2) is 0 Å². The Labute approximate surface area is 133 Å².